The maximum Gasteiger partial charge on any atom is 0.180 e. The van der Waals surface area contributed by atoms with Gasteiger partial charge in [0, 0.05) is 4.47 Å². The number of halogens is 3. The van der Waals surface area contributed by atoms with E-state index < -0.39 is 0 Å². The van der Waals surface area contributed by atoms with Crippen molar-refractivity contribution in [1.29, 1.82) is 0 Å². The first kappa shape index (κ1) is 24.5. The first-order valence-corrected chi connectivity index (χ1v) is 12.2. The molecule has 7 nitrogen and oxygen atoms in total. The van der Waals surface area contributed by atoms with Crippen molar-refractivity contribution in [2.75, 3.05) is 10.6 Å². The Morgan fingerprint density at radius 3 is 2.59 bits per heavy atom. The van der Waals surface area contributed by atoms with Gasteiger partial charge in [-0.15, -0.1) is 0 Å². The van der Waals surface area contributed by atoms with Crippen molar-refractivity contribution in [3.63, 3.8) is 0 Å². The first-order chi connectivity index (χ1) is 16.3. The minimum absolute atomic E-state index is 0.281. The van der Waals surface area contributed by atoms with Crippen molar-refractivity contribution in [3.05, 3.63) is 86.3 Å². The molecule has 0 radical (unpaired) electrons. The Hall–Kier alpha value is -2.59. The number of hydrogen-bond donors (Lipinski definition) is 2. The standard InChI is InChI=1S/C23H21BrCl2N6OS/c1-14-22(15(2)32(30-14)11-16-3-8-20(25)21(26)9-16)29-23(34)28-18-10-27-31(12-18)13-33-19-6-4-17(24)5-7-19/h3-10,12H,11,13H2,1-2H3,(H2,28,29,34). The molecule has 2 aromatic carbocycles. The molecule has 11 heteroatoms. The van der Waals surface area contributed by atoms with E-state index in [1.54, 1.807) is 16.9 Å². The third-order valence-electron chi connectivity index (χ3n) is 5.00. The lowest BCUT2D eigenvalue weighted by molar-refractivity contribution is 0.221. The van der Waals surface area contributed by atoms with E-state index in [4.69, 9.17) is 40.2 Å². The van der Waals surface area contributed by atoms with Gasteiger partial charge in [0.2, 0.25) is 0 Å². The van der Waals surface area contributed by atoms with Crippen molar-refractivity contribution in [3.8, 4) is 5.75 Å². The highest BCUT2D eigenvalue weighted by Crippen LogP contribution is 2.25. The number of aryl methyl sites for hydroxylation is 1. The Morgan fingerprint density at radius 2 is 1.85 bits per heavy atom. The van der Waals surface area contributed by atoms with Gasteiger partial charge in [0.25, 0.3) is 0 Å². The van der Waals surface area contributed by atoms with Crippen LogP contribution in [0.1, 0.15) is 17.0 Å². The minimum atomic E-state index is 0.281. The predicted molar refractivity (Wildman–Crippen MR) is 144 cm³/mol. The van der Waals surface area contributed by atoms with Crippen LogP contribution < -0.4 is 15.4 Å². The zero-order valence-corrected chi connectivity index (χ0v) is 22.3. The lowest BCUT2D eigenvalue weighted by Gasteiger charge is -2.10. The second-order valence-corrected chi connectivity index (χ2v) is 9.67. The van der Waals surface area contributed by atoms with Gasteiger partial charge in [-0.25, -0.2) is 4.68 Å². The van der Waals surface area contributed by atoms with Crippen LogP contribution in [0, 0.1) is 13.8 Å². The molecular weight excluding hydrogens is 559 g/mol. The molecule has 0 aliphatic carbocycles. The Labute approximate surface area is 221 Å². The Balaban J connectivity index is 1.35. The topological polar surface area (TPSA) is 68.9 Å². The average Bonchev–Trinajstić information content (AvgIpc) is 3.35. The molecule has 0 aliphatic rings. The number of nitrogens with zero attached hydrogens (tertiary/aromatic N) is 4. The fraction of sp³-hybridized carbons (Fsp3) is 0.174. The van der Waals surface area contributed by atoms with E-state index in [0.29, 0.717) is 21.7 Å². The van der Waals surface area contributed by atoms with E-state index in [-0.39, 0.29) is 6.73 Å². The zero-order valence-electron chi connectivity index (χ0n) is 18.3. The van der Waals surface area contributed by atoms with Crippen LogP contribution >= 0.6 is 51.3 Å². The molecule has 0 bridgehead atoms. The van der Waals surface area contributed by atoms with Crippen LogP contribution in [0.5, 0.6) is 5.75 Å². The molecule has 2 aromatic heterocycles. The van der Waals surface area contributed by atoms with Crippen molar-refractivity contribution < 1.29 is 4.74 Å². The number of rotatable bonds is 7. The van der Waals surface area contributed by atoms with Gasteiger partial charge < -0.3 is 15.4 Å². The summed E-state index contributed by atoms with van der Waals surface area (Å²) in [5.41, 5.74) is 4.38. The molecule has 0 amide bonds. The van der Waals surface area contributed by atoms with Gasteiger partial charge in [-0.1, -0.05) is 45.2 Å². The molecule has 0 unspecified atom stereocenters. The molecule has 0 aliphatic heterocycles. The summed E-state index contributed by atoms with van der Waals surface area (Å²) in [4.78, 5) is 0. The SMILES string of the molecule is Cc1nn(Cc2ccc(Cl)c(Cl)c2)c(C)c1NC(=S)Nc1cnn(COc2ccc(Br)cc2)c1. The van der Waals surface area contributed by atoms with E-state index >= 15 is 0 Å². The van der Waals surface area contributed by atoms with Gasteiger partial charge >= 0.3 is 0 Å². The summed E-state index contributed by atoms with van der Waals surface area (Å²) in [7, 11) is 0. The van der Waals surface area contributed by atoms with E-state index in [9.17, 15) is 0 Å². The van der Waals surface area contributed by atoms with Crippen LogP contribution in [-0.4, -0.2) is 24.7 Å². The fourth-order valence-electron chi connectivity index (χ4n) is 3.29. The van der Waals surface area contributed by atoms with Gasteiger partial charge in [-0.3, -0.25) is 4.68 Å². The van der Waals surface area contributed by atoms with Crippen molar-refractivity contribution in [2.45, 2.75) is 27.1 Å². The second kappa shape index (κ2) is 10.8. The summed E-state index contributed by atoms with van der Waals surface area (Å²) in [6.45, 7) is 4.76. The van der Waals surface area contributed by atoms with Gasteiger partial charge in [0.1, 0.15) is 5.75 Å². The van der Waals surface area contributed by atoms with Gasteiger partial charge in [0.05, 0.1) is 51.7 Å². The maximum absolute atomic E-state index is 6.14. The smallest absolute Gasteiger partial charge is 0.180 e. The quantitative estimate of drug-likeness (QED) is 0.239. The molecule has 176 valence electrons. The van der Waals surface area contributed by atoms with Crippen molar-refractivity contribution >= 4 is 67.8 Å². The van der Waals surface area contributed by atoms with Crippen molar-refractivity contribution in [1.82, 2.24) is 19.6 Å². The highest BCUT2D eigenvalue weighted by Gasteiger charge is 2.14. The lowest BCUT2D eigenvalue weighted by Crippen LogP contribution is -2.19. The molecule has 2 heterocycles. The Morgan fingerprint density at radius 1 is 1.09 bits per heavy atom. The first-order valence-electron chi connectivity index (χ1n) is 10.3. The second-order valence-electron chi connectivity index (χ2n) is 7.53. The molecule has 34 heavy (non-hydrogen) atoms. The third-order valence-corrected chi connectivity index (χ3v) is 6.48. The molecule has 4 rings (SSSR count). The van der Waals surface area contributed by atoms with Crippen LogP contribution in [0.15, 0.2) is 59.3 Å². The minimum Gasteiger partial charge on any atom is -0.471 e. The number of anilines is 2. The van der Waals surface area contributed by atoms with E-state index in [0.717, 1.165) is 38.5 Å². The molecular formula is C23H21BrCl2N6OS. The normalized spacial score (nSPS) is 10.9. The van der Waals surface area contributed by atoms with Gasteiger partial charge in [0.15, 0.2) is 11.8 Å². The summed E-state index contributed by atoms with van der Waals surface area (Å²) in [6, 6.07) is 13.2. The van der Waals surface area contributed by atoms with Gasteiger partial charge in [-0.2, -0.15) is 10.2 Å². The Kier molecular flexibility index (Phi) is 7.77. The van der Waals surface area contributed by atoms with Crippen molar-refractivity contribution in [2.24, 2.45) is 0 Å². The molecule has 0 fully saturated rings. The molecule has 0 saturated heterocycles. The maximum atomic E-state index is 6.14. The summed E-state index contributed by atoms with van der Waals surface area (Å²) in [5.74, 6) is 0.759. The lowest BCUT2D eigenvalue weighted by atomic mass is 10.2. The summed E-state index contributed by atoms with van der Waals surface area (Å²) < 4.78 is 10.3. The summed E-state index contributed by atoms with van der Waals surface area (Å²) in [6.07, 6.45) is 3.51. The molecule has 0 spiro atoms. The molecule has 0 atom stereocenters. The van der Waals surface area contributed by atoms with Crippen LogP contribution in [0.2, 0.25) is 10.0 Å². The Bertz CT molecular complexity index is 1320. The summed E-state index contributed by atoms with van der Waals surface area (Å²) in [5, 5.41) is 16.8. The van der Waals surface area contributed by atoms with Crippen LogP contribution in [0.4, 0.5) is 11.4 Å². The van der Waals surface area contributed by atoms with Gasteiger partial charge in [-0.05, 0) is 68.0 Å². The van der Waals surface area contributed by atoms with E-state index in [2.05, 4.69) is 36.8 Å². The third kappa shape index (κ3) is 6.09. The summed E-state index contributed by atoms with van der Waals surface area (Å²) >= 11 is 21.1. The van der Waals surface area contributed by atoms with Crippen LogP contribution in [0.25, 0.3) is 0 Å². The fourth-order valence-corrected chi connectivity index (χ4v) is 4.09. The molecule has 2 N–H and O–H groups in total. The number of hydrogen-bond acceptors (Lipinski definition) is 4. The number of thiocarbonyl (C=S) groups is 1. The van der Waals surface area contributed by atoms with E-state index in [1.165, 1.54) is 0 Å². The highest BCUT2D eigenvalue weighted by molar-refractivity contribution is 9.10. The largest absolute Gasteiger partial charge is 0.471 e. The van der Waals surface area contributed by atoms with E-state index in [1.807, 2.05) is 61.1 Å². The average molecular weight is 580 g/mol. The molecule has 0 saturated carbocycles. The zero-order chi connectivity index (χ0) is 24.2. The van der Waals surface area contributed by atoms with Crippen LogP contribution in [0.3, 0.4) is 0 Å². The monoisotopic (exact) mass is 578 g/mol. The number of aromatic nitrogens is 4. The predicted octanol–water partition coefficient (Wildman–Crippen LogP) is 6.66. The molecule has 4 aromatic rings. The highest BCUT2D eigenvalue weighted by atomic mass is 79.9. The van der Waals surface area contributed by atoms with Crippen LogP contribution in [-0.2, 0) is 13.3 Å². The number of nitrogens with one attached hydrogen (secondary N) is 2. The number of benzene rings is 2. The number of ether oxygens (including phenoxy) is 1.